The van der Waals surface area contributed by atoms with Crippen LogP contribution in [0.15, 0.2) is 40.8 Å². The molecule has 0 aliphatic heterocycles. The van der Waals surface area contributed by atoms with Crippen LogP contribution in [0.3, 0.4) is 0 Å². The first-order valence-electron chi connectivity index (χ1n) is 7.02. The van der Waals surface area contributed by atoms with Crippen LogP contribution in [0, 0.1) is 0 Å². The van der Waals surface area contributed by atoms with E-state index in [1.54, 1.807) is 36.4 Å². The molecule has 0 amide bonds. The average molecular weight is 318 g/mol. The summed E-state index contributed by atoms with van der Waals surface area (Å²) in [7, 11) is 0. The summed E-state index contributed by atoms with van der Waals surface area (Å²) in [4.78, 5) is 21.7. The van der Waals surface area contributed by atoms with E-state index in [9.17, 15) is 9.59 Å². The molecule has 2 unspecified atom stereocenters. The first kappa shape index (κ1) is 16.7. The Labute approximate surface area is 132 Å². The minimum atomic E-state index is -1.10. The molecule has 6 N–H and O–H groups in total. The average Bonchev–Trinajstić information content (AvgIpc) is 2.95. The molecule has 2 atom stereocenters. The Kier molecular flexibility index (Phi) is 5.15. The van der Waals surface area contributed by atoms with Crippen molar-refractivity contribution in [2.75, 3.05) is 0 Å². The predicted octanol–water partition coefficient (Wildman–Crippen LogP) is 0.855. The molecule has 0 bridgehead atoms. The maximum absolute atomic E-state index is 10.9. The molecule has 0 spiro atoms. The van der Waals surface area contributed by atoms with Crippen LogP contribution in [-0.2, 0) is 22.4 Å². The molecular formula is C16H18N2O5. The Balaban J connectivity index is 2.24. The van der Waals surface area contributed by atoms with Crippen LogP contribution in [0.5, 0.6) is 0 Å². The third kappa shape index (κ3) is 4.18. The fourth-order valence-electron chi connectivity index (χ4n) is 2.20. The van der Waals surface area contributed by atoms with Crippen LogP contribution in [0.1, 0.15) is 11.3 Å². The lowest BCUT2D eigenvalue weighted by molar-refractivity contribution is -0.139. The molecule has 7 heteroatoms. The van der Waals surface area contributed by atoms with Crippen molar-refractivity contribution in [3.8, 4) is 11.3 Å². The zero-order chi connectivity index (χ0) is 17.0. The molecule has 2 rings (SSSR count). The number of aliphatic carboxylic acids is 2. The van der Waals surface area contributed by atoms with Gasteiger partial charge in [-0.2, -0.15) is 0 Å². The smallest absolute Gasteiger partial charge is 0.320 e. The second-order valence-corrected chi connectivity index (χ2v) is 5.22. The lowest BCUT2D eigenvalue weighted by Crippen LogP contribution is -2.32. The second-order valence-electron chi connectivity index (χ2n) is 5.22. The van der Waals surface area contributed by atoms with Gasteiger partial charge in [-0.1, -0.05) is 24.3 Å². The Morgan fingerprint density at radius 1 is 0.957 bits per heavy atom. The number of rotatable bonds is 7. The minimum absolute atomic E-state index is 0.0755. The zero-order valence-electron chi connectivity index (χ0n) is 12.3. The summed E-state index contributed by atoms with van der Waals surface area (Å²) in [5.74, 6) is -1.21. The van der Waals surface area contributed by atoms with Gasteiger partial charge in [0.05, 0.1) is 0 Å². The molecule has 122 valence electrons. The van der Waals surface area contributed by atoms with E-state index < -0.39 is 24.0 Å². The Morgan fingerprint density at radius 3 is 2.22 bits per heavy atom. The Bertz CT molecular complexity index is 710. The first-order valence-corrected chi connectivity index (χ1v) is 7.02. The van der Waals surface area contributed by atoms with Gasteiger partial charge in [0.25, 0.3) is 0 Å². The van der Waals surface area contributed by atoms with Crippen molar-refractivity contribution >= 4 is 11.9 Å². The highest BCUT2D eigenvalue weighted by Gasteiger charge is 2.18. The lowest BCUT2D eigenvalue weighted by atomic mass is 9.99. The maximum Gasteiger partial charge on any atom is 0.320 e. The number of furan rings is 1. The molecule has 0 aliphatic carbocycles. The Hall–Kier alpha value is -2.64. The molecule has 1 aromatic heterocycles. The van der Waals surface area contributed by atoms with Gasteiger partial charge in [-0.25, -0.2) is 0 Å². The molecule has 0 saturated carbocycles. The van der Waals surface area contributed by atoms with Gasteiger partial charge in [-0.3, -0.25) is 9.59 Å². The van der Waals surface area contributed by atoms with E-state index in [1.807, 2.05) is 0 Å². The number of carbonyl (C=O) groups is 2. The molecular weight excluding hydrogens is 300 g/mol. The minimum Gasteiger partial charge on any atom is -0.480 e. The van der Waals surface area contributed by atoms with Gasteiger partial charge in [0.2, 0.25) is 0 Å². The van der Waals surface area contributed by atoms with Crippen molar-refractivity contribution in [2.24, 2.45) is 11.5 Å². The van der Waals surface area contributed by atoms with Gasteiger partial charge in [0, 0.05) is 12.0 Å². The van der Waals surface area contributed by atoms with Crippen LogP contribution >= 0.6 is 0 Å². The van der Waals surface area contributed by atoms with E-state index in [4.69, 9.17) is 26.1 Å². The summed E-state index contributed by atoms with van der Waals surface area (Å²) in [5, 5.41) is 17.8. The van der Waals surface area contributed by atoms with Crippen LogP contribution in [0.25, 0.3) is 11.3 Å². The molecule has 7 nitrogen and oxygen atoms in total. The van der Waals surface area contributed by atoms with Crippen molar-refractivity contribution in [1.82, 2.24) is 0 Å². The van der Waals surface area contributed by atoms with Crippen LogP contribution in [-0.4, -0.2) is 34.2 Å². The van der Waals surface area contributed by atoms with Crippen LogP contribution in [0.2, 0.25) is 0 Å². The van der Waals surface area contributed by atoms with Gasteiger partial charge < -0.3 is 26.1 Å². The van der Waals surface area contributed by atoms with E-state index in [0.717, 1.165) is 11.1 Å². The number of hydrogen-bond acceptors (Lipinski definition) is 5. The van der Waals surface area contributed by atoms with Crippen molar-refractivity contribution in [1.29, 1.82) is 0 Å². The maximum atomic E-state index is 10.9. The highest BCUT2D eigenvalue weighted by atomic mass is 16.4. The van der Waals surface area contributed by atoms with E-state index in [1.165, 1.54) is 0 Å². The number of hydrogen-bond donors (Lipinski definition) is 4. The number of carboxylic acid groups (broad SMARTS) is 2. The van der Waals surface area contributed by atoms with Crippen LogP contribution < -0.4 is 11.5 Å². The molecule has 0 saturated heterocycles. The largest absolute Gasteiger partial charge is 0.480 e. The van der Waals surface area contributed by atoms with Crippen molar-refractivity contribution in [3.05, 3.63) is 47.7 Å². The highest BCUT2D eigenvalue weighted by molar-refractivity contribution is 5.75. The van der Waals surface area contributed by atoms with Crippen molar-refractivity contribution in [2.45, 2.75) is 24.9 Å². The number of nitrogens with two attached hydrogens (primary N) is 2. The number of benzene rings is 1. The summed E-state index contributed by atoms with van der Waals surface area (Å²) >= 11 is 0. The van der Waals surface area contributed by atoms with Gasteiger partial charge in [0.1, 0.15) is 23.6 Å². The summed E-state index contributed by atoms with van der Waals surface area (Å²) in [5.41, 5.74) is 12.5. The molecule has 0 aliphatic rings. The lowest BCUT2D eigenvalue weighted by Gasteiger charge is -2.10. The third-order valence-electron chi connectivity index (χ3n) is 3.44. The van der Waals surface area contributed by atoms with E-state index in [2.05, 4.69) is 0 Å². The quantitative estimate of drug-likeness (QED) is 0.593. The molecule has 0 fully saturated rings. The van der Waals surface area contributed by atoms with Crippen molar-refractivity contribution in [3.63, 3.8) is 0 Å². The molecule has 1 aromatic carbocycles. The van der Waals surface area contributed by atoms with Gasteiger partial charge in [-0.15, -0.1) is 0 Å². The zero-order valence-corrected chi connectivity index (χ0v) is 12.3. The third-order valence-corrected chi connectivity index (χ3v) is 3.44. The summed E-state index contributed by atoms with van der Waals surface area (Å²) in [6.07, 6.45) is 0.238. The predicted molar refractivity (Wildman–Crippen MR) is 82.8 cm³/mol. The molecule has 1 heterocycles. The van der Waals surface area contributed by atoms with E-state index in [-0.39, 0.29) is 12.8 Å². The normalized spacial score (nSPS) is 13.5. The van der Waals surface area contributed by atoms with Crippen LogP contribution in [0.4, 0.5) is 0 Å². The molecule has 23 heavy (non-hydrogen) atoms. The second kappa shape index (κ2) is 7.08. The topological polar surface area (TPSA) is 140 Å². The monoisotopic (exact) mass is 318 g/mol. The SMILES string of the molecule is NC(Cc1ccc(-c2ccccc2CC(N)C(=O)O)o1)C(=O)O. The number of carboxylic acids is 2. The summed E-state index contributed by atoms with van der Waals surface area (Å²) in [6.45, 7) is 0. The van der Waals surface area contributed by atoms with Crippen molar-refractivity contribution < 1.29 is 24.2 Å². The molecule has 0 radical (unpaired) electrons. The fourth-order valence-corrected chi connectivity index (χ4v) is 2.20. The highest BCUT2D eigenvalue weighted by Crippen LogP contribution is 2.27. The van der Waals surface area contributed by atoms with Gasteiger partial charge >= 0.3 is 11.9 Å². The first-order chi connectivity index (χ1) is 10.9. The van der Waals surface area contributed by atoms with E-state index >= 15 is 0 Å². The fraction of sp³-hybridized carbons (Fsp3) is 0.250. The molecule has 2 aromatic rings. The van der Waals surface area contributed by atoms with Gasteiger partial charge in [0.15, 0.2) is 0 Å². The van der Waals surface area contributed by atoms with Gasteiger partial charge in [-0.05, 0) is 24.1 Å². The Morgan fingerprint density at radius 2 is 1.57 bits per heavy atom. The summed E-state index contributed by atoms with van der Waals surface area (Å²) < 4.78 is 5.64. The standard InChI is InChI=1S/C16H18N2O5/c17-12(15(19)20)7-9-3-1-2-4-11(9)14-6-5-10(23-14)8-13(18)16(21)22/h1-6,12-13H,7-8,17-18H2,(H,19,20)(H,21,22). The summed E-state index contributed by atoms with van der Waals surface area (Å²) in [6, 6.07) is 8.48. The van der Waals surface area contributed by atoms with E-state index in [0.29, 0.717) is 11.5 Å².